The second-order valence-electron chi connectivity index (χ2n) is 5.88. The molecule has 1 aliphatic rings. The van der Waals surface area contributed by atoms with Crippen molar-refractivity contribution in [2.75, 3.05) is 19.8 Å². The predicted octanol–water partition coefficient (Wildman–Crippen LogP) is 3.44. The highest BCUT2D eigenvalue weighted by molar-refractivity contribution is 7.10. The Morgan fingerprint density at radius 2 is 2.14 bits per heavy atom. The van der Waals surface area contributed by atoms with Crippen LogP contribution in [0, 0.1) is 13.8 Å². The molecular weight excluding hydrogens is 298 g/mol. The molecule has 3 heterocycles. The molecule has 3 rings (SSSR count). The van der Waals surface area contributed by atoms with Gasteiger partial charge in [-0.2, -0.15) is 0 Å². The number of aryl methyl sites for hydroxylation is 2. The van der Waals surface area contributed by atoms with Gasteiger partial charge in [0, 0.05) is 30.1 Å². The summed E-state index contributed by atoms with van der Waals surface area (Å²) in [6.07, 6.45) is 1.88. The summed E-state index contributed by atoms with van der Waals surface area (Å²) in [5, 5.41) is 5.20. The monoisotopic (exact) mass is 319 g/mol. The Bertz CT molecular complexity index is 639. The van der Waals surface area contributed by atoms with Gasteiger partial charge in [-0.05, 0) is 44.2 Å². The van der Waals surface area contributed by atoms with Gasteiger partial charge in [0.25, 0.3) is 5.91 Å². The zero-order valence-corrected chi connectivity index (χ0v) is 13.8. The van der Waals surface area contributed by atoms with Crippen molar-refractivity contribution in [2.24, 2.45) is 0 Å². The first-order valence-corrected chi connectivity index (χ1v) is 8.46. The minimum atomic E-state index is -0.0585. The number of nitrogens with one attached hydrogen (secondary N) is 1. The van der Waals surface area contributed by atoms with Crippen LogP contribution in [0.3, 0.4) is 0 Å². The Kier molecular flexibility index (Phi) is 4.36. The van der Waals surface area contributed by atoms with Crippen LogP contribution in [-0.4, -0.2) is 25.7 Å². The van der Waals surface area contributed by atoms with E-state index in [0.29, 0.717) is 17.9 Å². The number of hydrogen-bond donors (Lipinski definition) is 1. The summed E-state index contributed by atoms with van der Waals surface area (Å²) in [5.41, 5.74) is 0.625. The van der Waals surface area contributed by atoms with Crippen molar-refractivity contribution in [3.63, 3.8) is 0 Å². The number of amides is 1. The molecule has 0 atom stereocenters. The Morgan fingerprint density at radius 1 is 1.36 bits per heavy atom. The largest absolute Gasteiger partial charge is 0.466 e. The molecule has 118 valence electrons. The molecule has 22 heavy (non-hydrogen) atoms. The highest BCUT2D eigenvalue weighted by Gasteiger charge is 2.36. The van der Waals surface area contributed by atoms with E-state index in [2.05, 4.69) is 22.8 Å². The average Bonchev–Trinajstić information content (AvgIpc) is 3.16. The van der Waals surface area contributed by atoms with Gasteiger partial charge in [-0.15, -0.1) is 11.3 Å². The summed E-state index contributed by atoms with van der Waals surface area (Å²) in [6, 6.07) is 6.03. The molecule has 2 aromatic heterocycles. The van der Waals surface area contributed by atoms with E-state index in [1.807, 2.05) is 13.8 Å². The molecule has 0 unspecified atom stereocenters. The van der Waals surface area contributed by atoms with E-state index in [9.17, 15) is 4.79 Å². The van der Waals surface area contributed by atoms with E-state index in [0.717, 1.165) is 31.8 Å². The maximum absolute atomic E-state index is 12.4. The second kappa shape index (κ2) is 6.26. The lowest BCUT2D eigenvalue weighted by atomic mass is 9.78. The summed E-state index contributed by atoms with van der Waals surface area (Å²) >= 11 is 1.76. The van der Waals surface area contributed by atoms with Gasteiger partial charge >= 0.3 is 0 Å². The first-order chi connectivity index (χ1) is 10.6. The van der Waals surface area contributed by atoms with Crippen LogP contribution in [0.15, 0.2) is 28.0 Å². The Labute approximate surface area is 134 Å². The third-order valence-corrected chi connectivity index (χ3v) is 5.48. The predicted molar refractivity (Wildman–Crippen MR) is 86.6 cm³/mol. The standard InChI is InChI=1S/C17H21NO3S/c1-12-10-14(13(2)21-12)16(19)18-11-17(5-7-20-8-6-17)15-4-3-9-22-15/h3-4,9-10H,5-8,11H2,1-2H3,(H,18,19). The molecule has 4 nitrogen and oxygen atoms in total. The number of carbonyl (C=O) groups excluding carboxylic acids is 1. The molecule has 1 saturated heterocycles. The molecule has 0 radical (unpaired) electrons. The summed E-state index contributed by atoms with van der Waals surface area (Å²) in [5.74, 6) is 1.38. The average molecular weight is 319 g/mol. The number of ether oxygens (including phenoxy) is 1. The number of hydrogen-bond acceptors (Lipinski definition) is 4. The van der Waals surface area contributed by atoms with Gasteiger partial charge in [-0.1, -0.05) is 6.07 Å². The van der Waals surface area contributed by atoms with Gasteiger partial charge < -0.3 is 14.5 Å². The SMILES string of the molecule is Cc1cc(C(=O)NCC2(c3cccs3)CCOCC2)c(C)o1. The smallest absolute Gasteiger partial charge is 0.254 e. The molecule has 1 aliphatic heterocycles. The molecule has 0 aromatic carbocycles. The molecule has 0 spiro atoms. The van der Waals surface area contributed by atoms with Crippen LogP contribution in [-0.2, 0) is 10.2 Å². The quantitative estimate of drug-likeness (QED) is 0.939. The zero-order valence-electron chi connectivity index (χ0n) is 13.0. The van der Waals surface area contributed by atoms with Crippen molar-refractivity contribution in [1.82, 2.24) is 5.32 Å². The number of thiophene rings is 1. The summed E-state index contributed by atoms with van der Waals surface area (Å²) < 4.78 is 11.0. The van der Waals surface area contributed by atoms with E-state index in [1.165, 1.54) is 4.88 Å². The Hall–Kier alpha value is -1.59. The fourth-order valence-corrected chi connectivity index (χ4v) is 4.04. The molecule has 1 amide bonds. The fraction of sp³-hybridized carbons (Fsp3) is 0.471. The summed E-state index contributed by atoms with van der Waals surface area (Å²) in [6.45, 7) is 5.81. The highest BCUT2D eigenvalue weighted by atomic mass is 32.1. The lowest BCUT2D eigenvalue weighted by molar-refractivity contribution is 0.0498. The number of furan rings is 1. The minimum Gasteiger partial charge on any atom is -0.466 e. The third-order valence-electron chi connectivity index (χ3n) is 4.37. The van der Waals surface area contributed by atoms with Crippen LogP contribution in [0.1, 0.15) is 39.6 Å². The van der Waals surface area contributed by atoms with Crippen LogP contribution in [0.25, 0.3) is 0 Å². The van der Waals surface area contributed by atoms with Crippen molar-refractivity contribution in [2.45, 2.75) is 32.1 Å². The van der Waals surface area contributed by atoms with Gasteiger partial charge in [0.2, 0.25) is 0 Å². The highest BCUT2D eigenvalue weighted by Crippen LogP contribution is 2.37. The van der Waals surface area contributed by atoms with E-state index in [-0.39, 0.29) is 11.3 Å². The molecule has 5 heteroatoms. The van der Waals surface area contributed by atoms with Crippen molar-refractivity contribution < 1.29 is 13.9 Å². The van der Waals surface area contributed by atoms with Gasteiger partial charge in [0.1, 0.15) is 11.5 Å². The number of carbonyl (C=O) groups is 1. The maximum atomic E-state index is 12.4. The van der Waals surface area contributed by atoms with Gasteiger partial charge in [-0.3, -0.25) is 4.79 Å². The van der Waals surface area contributed by atoms with E-state index in [4.69, 9.17) is 9.15 Å². The third kappa shape index (κ3) is 2.96. The second-order valence-corrected chi connectivity index (χ2v) is 6.83. The van der Waals surface area contributed by atoms with Crippen molar-refractivity contribution in [1.29, 1.82) is 0 Å². The first kappa shape index (κ1) is 15.3. The maximum Gasteiger partial charge on any atom is 0.254 e. The topological polar surface area (TPSA) is 51.5 Å². The molecule has 0 saturated carbocycles. The van der Waals surface area contributed by atoms with Crippen molar-refractivity contribution in [3.05, 3.63) is 45.5 Å². The first-order valence-electron chi connectivity index (χ1n) is 7.58. The van der Waals surface area contributed by atoms with Crippen molar-refractivity contribution in [3.8, 4) is 0 Å². The van der Waals surface area contributed by atoms with E-state index >= 15 is 0 Å². The fourth-order valence-electron chi connectivity index (χ4n) is 3.05. The molecular formula is C17H21NO3S. The van der Waals surface area contributed by atoms with Crippen molar-refractivity contribution >= 4 is 17.2 Å². The van der Waals surface area contributed by atoms with E-state index < -0.39 is 0 Å². The lowest BCUT2D eigenvalue weighted by Crippen LogP contribution is -2.44. The zero-order chi connectivity index (χ0) is 15.6. The van der Waals surface area contributed by atoms with Crippen LogP contribution >= 0.6 is 11.3 Å². The normalized spacial score (nSPS) is 17.4. The van der Waals surface area contributed by atoms with Gasteiger partial charge in [0.15, 0.2) is 0 Å². The molecule has 1 fully saturated rings. The Balaban J connectivity index is 1.75. The minimum absolute atomic E-state index is 0.00520. The summed E-state index contributed by atoms with van der Waals surface area (Å²) in [4.78, 5) is 13.8. The van der Waals surface area contributed by atoms with Crippen LogP contribution < -0.4 is 5.32 Å². The number of rotatable bonds is 4. The molecule has 0 aliphatic carbocycles. The van der Waals surface area contributed by atoms with Gasteiger partial charge in [-0.25, -0.2) is 0 Å². The molecule has 1 N–H and O–H groups in total. The van der Waals surface area contributed by atoms with E-state index in [1.54, 1.807) is 17.4 Å². The lowest BCUT2D eigenvalue weighted by Gasteiger charge is -2.36. The molecule has 2 aromatic rings. The van der Waals surface area contributed by atoms with Crippen LogP contribution in [0.2, 0.25) is 0 Å². The Morgan fingerprint density at radius 3 is 2.73 bits per heavy atom. The van der Waals surface area contributed by atoms with Gasteiger partial charge in [0.05, 0.1) is 5.56 Å². The molecule has 0 bridgehead atoms. The van der Waals surface area contributed by atoms with Crippen LogP contribution in [0.4, 0.5) is 0 Å². The van der Waals surface area contributed by atoms with Crippen LogP contribution in [0.5, 0.6) is 0 Å². The summed E-state index contributed by atoms with van der Waals surface area (Å²) in [7, 11) is 0.